The highest BCUT2D eigenvalue weighted by molar-refractivity contribution is 5.23. The van der Waals surface area contributed by atoms with Gasteiger partial charge in [0.2, 0.25) is 6.33 Å². The van der Waals surface area contributed by atoms with Crippen molar-refractivity contribution in [3.63, 3.8) is 0 Å². The van der Waals surface area contributed by atoms with Crippen molar-refractivity contribution < 1.29 is 167 Å². The van der Waals surface area contributed by atoms with E-state index < -0.39 is 126 Å². The minimum Gasteiger partial charge on any atom is -0.341 e. The molecule has 0 spiro atoms. The van der Waals surface area contributed by atoms with Crippen molar-refractivity contribution in [1.29, 1.82) is 0 Å². The van der Waals surface area contributed by atoms with Crippen LogP contribution in [0.5, 0.6) is 0 Å². The van der Waals surface area contributed by atoms with E-state index in [1.807, 2.05) is 24.0 Å². The summed E-state index contributed by atoms with van der Waals surface area (Å²) < 4.78 is 514. The van der Waals surface area contributed by atoms with Crippen molar-refractivity contribution in [3.8, 4) is 0 Å². The molecule has 0 amide bonds. The van der Waals surface area contributed by atoms with E-state index in [1.54, 1.807) is 35.8 Å². The Morgan fingerprint density at radius 1 is 0.403 bits per heavy atom. The summed E-state index contributed by atoms with van der Waals surface area (Å²) >= 11 is 0. The quantitative estimate of drug-likeness (QED) is 0.0788. The predicted octanol–water partition coefficient (Wildman–Crippen LogP) is 13.9. The summed E-state index contributed by atoms with van der Waals surface area (Å²) in [7, 11) is 3.09. The molecule has 77 heavy (non-hydrogen) atoms. The van der Waals surface area contributed by atoms with Gasteiger partial charge < -0.3 is 9.13 Å². The molecular weight excluding hydrogens is 1200 g/mol. The summed E-state index contributed by atoms with van der Waals surface area (Å²) in [6, 6.07) is 0. The Bertz CT molecular complexity index is 2390. The van der Waals surface area contributed by atoms with Crippen LogP contribution in [0.25, 0.3) is 6.20 Å². The number of hydrogen-bond donors (Lipinski definition) is 0. The molecule has 0 fully saturated rings. The zero-order chi connectivity index (χ0) is 61.9. The van der Waals surface area contributed by atoms with E-state index in [0.717, 1.165) is 30.3 Å². The van der Waals surface area contributed by atoms with Crippen LogP contribution < -0.4 is 4.57 Å². The molecule has 0 saturated heterocycles. The Kier molecular flexibility index (Phi) is 18.5. The third kappa shape index (κ3) is 10.4. The van der Waals surface area contributed by atoms with Crippen molar-refractivity contribution in [2.45, 2.75) is 126 Å². The van der Waals surface area contributed by atoms with E-state index in [2.05, 4.69) is 16.5 Å². The number of alkyl halides is 37. The number of rotatable bonds is 21. The third-order valence-corrected chi connectivity index (χ3v) is 9.83. The highest BCUT2D eigenvalue weighted by Gasteiger charge is 3.02. The van der Waals surface area contributed by atoms with Gasteiger partial charge in [0.25, 0.3) is 0 Å². The maximum Gasteiger partial charge on any atom is 0.460 e. The summed E-state index contributed by atoms with van der Waals surface area (Å²) in [5.74, 6) is -165. The Hall–Kier alpha value is -5.22. The van der Waals surface area contributed by atoms with Crippen LogP contribution in [0.3, 0.4) is 0 Å². The minimum atomic E-state index is -10.4. The van der Waals surface area contributed by atoms with Gasteiger partial charge in [0.05, 0.1) is 26.2 Å². The number of halogens is 37. The second-order valence-electron chi connectivity index (χ2n) is 15.2. The molecule has 0 aliphatic rings. The number of aryl methyl sites for hydroxylation is 3. The lowest BCUT2D eigenvalue weighted by Crippen LogP contribution is -2.80. The SMILES string of the molecule is C=Cn1ccnc1.C[n+]1ccn(CCCC(F)(F)C(F)(F)C(F)(F)C(F)(F)C(F)(F)C(F)(F)C(F)(F)C(F)(F)C(F)(F)C(F)(F)C(F)(F)C(F)(F)C(F)(F)C(F)(F)C(F)(F)C(F)(F)C(F)(F)C(F)(F)F)c1.Cn1ccnc1. The molecule has 448 valence electrons. The van der Waals surface area contributed by atoms with Crippen molar-refractivity contribution in [2.75, 3.05) is 0 Å². The number of nitrogens with zero attached hydrogens (tertiary/aromatic N) is 6. The fourth-order valence-electron chi connectivity index (χ4n) is 5.15. The first-order chi connectivity index (χ1) is 33.5. The molecule has 0 aromatic carbocycles. The Labute approximate surface area is 400 Å². The Balaban J connectivity index is 0.00000197. The van der Waals surface area contributed by atoms with E-state index in [9.17, 15) is 162 Å². The van der Waals surface area contributed by atoms with E-state index >= 15 is 0 Å². The van der Waals surface area contributed by atoms with Gasteiger partial charge in [0, 0.05) is 44.5 Å². The van der Waals surface area contributed by atoms with Crippen molar-refractivity contribution >= 4 is 6.20 Å². The predicted molar refractivity (Wildman–Crippen MR) is 177 cm³/mol. The molecule has 0 unspecified atom stereocenters. The standard InChI is InChI=1S/C25H12F37N2.C5H6N2.C4H6N2/c1-63-5-6-64(7-63)4-2-3-8(26,27)9(28,29)10(30,31)11(32,33)12(34,35)13(36,37)14(38,39)15(40,41)16(42,43)17(44,45)18(46,47)19(48,49)20(50,51)21(52,53)22(54,55)23(56,57)24(58,59)25(60,61)62;1-2-7-4-3-6-5-7;1-6-3-2-5-4-6/h5-7H,2-4H2,1H3;2-5H,1H2;2-4H,1H3/q+1;;. The van der Waals surface area contributed by atoms with Gasteiger partial charge in [0.15, 0.2) is 0 Å². The zero-order valence-electron chi connectivity index (χ0n) is 36.3. The molecule has 0 N–H and O–H groups in total. The molecule has 3 heterocycles. The molecule has 3 aromatic heterocycles. The average molecular weight is 1220 g/mol. The second-order valence-corrected chi connectivity index (χ2v) is 15.2. The van der Waals surface area contributed by atoms with Gasteiger partial charge >= 0.3 is 107 Å². The Morgan fingerprint density at radius 3 is 0.883 bits per heavy atom. The van der Waals surface area contributed by atoms with Gasteiger partial charge in [-0.2, -0.15) is 162 Å². The molecule has 0 aliphatic heterocycles. The van der Waals surface area contributed by atoms with Gasteiger partial charge in [-0.1, -0.05) is 6.58 Å². The van der Waals surface area contributed by atoms with Crippen molar-refractivity contribution in [2.24, 2.45) is 14.1 Å². The molecule has 3 rings (SSSR count). The van der Waals surface area contributed by atoms with Crippen molar-refractivity contribution in [3.05, 3.63) is 62.7 Å². The molecule has 6 nitrogen and oxygen atoms in total. The molecule has 0 bridgehead atoms. The molecule has 3 aromatic rings. The molecule has 43 heteroatoms. The number of imidazole rings is 3. The van der Waals surface area contributed by atoms with E-state index in [0.29, 0.717) is 4.57 Å². The summed E-state index contributed by atoms with van der Waals surface area (Å²) in [4.78, 5) is 7.57. The van der Waals surface area contributed by atoms with Crippen LogP contribution in [-0.4, -0.2) is 131 Å². The summed E-state index contributed by atoms with van der Waals surface area (Å²) in [6.07, 6.45) is 1.88. The zero-order valence-corrected chi connectivity index (χ0v) is 36.3. The van der Waals surface area contributed by atoms with Crippen LogP contribution in [0.2, 0.25) is 0 Å². The van der Waals surface area contributed by atoms with Crippen LogP contribution in [-0.2, 0) is 20.6 Å². The maximum atomic E-state index is 14.1. The van der Waals surface area contributed by atoms with Crippen LogP contribution in [0.4, 0.5) is 162 Å². The maximum absolute atomic E-state index is 14.1. The largest absolute Gasteiger partial charge is 0.460 e. The first kappa shape index (κ1) is 69.8. The lowest BCUT2D eigenvalue weighted by atomic mass is 9.82. The topological polar surface area (TPSA) is 44.5 Å². The van der Waals surface area contributed by atoms with Crippen LogP contribution in [0.15, 0.2) is 62.7 Å². The van der Waals surface area contributed by atoms with Gasteiger partial charge in [0.1, 0.15) is 12.4 Å². The first-order valence-electron chi connectivity index (χ1n) is 18.6. The van der Waals surface area contributed by atoms with Gasteiger partial charge in [-0.3, -0.25) is 0 Å². The monoisotopic (exact) mass is 1220 g/mol. The first-order valence-corrected chi connectivity index (χ1v) is 18.6. The smallest absolute Gasteiger partial charge is 0.341 e. The molecule has 0 saturated carbocycles. The minimum absolute atomic E-state index is 0.668. The van der Waals surface area contributed by atoms with Crippen molar-refractivity contribution in [1.82, 2.24) is 23.7 Å². The second kappa shape index (κ2) is 20.5. The molecule has 0 aliphatic carbocycles. The summed E-state index contributed by atoms with van der Waals surface area (Å²) in [5.41, 5.74) is 0. The Morgan fingerprint density at radius 2 is 0.688 bits per heavy atom. The summed E-state index contributed by atoms with van der Waals surface area (Å²) in [5, 5.41) is 0. The fourth-order valence-corrected chi connectivity index (χ4v) is 5.15. The molecule has 0 atom stereocenters. The van der Waals surface area contributed by atoms with Gasteiger partial charge in [-0.25, -0.2) is 19.1 Å². The van der Waals surface area contributed by atoms with Crippen LogP contribution >= 0.6 is 0 Å². The van der Waals surface area contributed by atoms with E-state index in [1.165, 1.54) is 0 Å². The summed E-state index contributed by atoms with van der Waals surface area (Å²) in [6.45, 7) is 2.45. The molecule has 0 radical (unpaired) electrons. The lowest BCUT2D eigenvalue weighted by Gasteiger charge is -2.47. The fraction of sp³-hybridized carbons (Fsp3) is 0.676. The third-order valence-electron chi connectivity index (χ3n) is 9.83. The number of hydrogen-bond acceptors (Lipinski definition) is 2. The lowest BCUT2D eigenvalue weighted by molar-refractivity contribution is -0.671. The highest BCUT2D eigenvalue weighted by atomic mass is 19.4. The normalized spacial score (nSPS) is 15.4. The number of aromatic nitrogens is 6. The van der Waals surface area contributed by atoms with Gasteiger partial charge in [-0.05, 0) is 6.42 Å². The van der Waals surface area contributed by atoms with Crippen LogP contribution in [0, 0.1) is 0 Å². The molecular formula is C34H24F37N6+. The van der Waals surface area contributed by atoms with Crippen LogP contribution in [0.1, 0.15) is 12.8 Å². The van der Waals surface area contributed by atoms with E-state index in [4.69, 9.17) is 0 Å². The highest BCUT2D eigenvalue weighted by Crippen LogP contribution is 2.70. The van der Waals surface area contributed by atoms with Gasteiger partial charge in [-0.15, -0.1) is 0 Å². The average Bonchev–Trinajstić information content (AvgIpc) is 4.07. The van der Waals surface area contributed by atoms with E-state index in [-0.39, 0.29) is 0 Å².